The average Bonchev–Trinajstić information content (AvgIpc) is 2.33. The van der Waals surface area contributed by atoms with Crippen molar-refractivity contribution < 1.29 is 9.13 Å². The Hall–Kier alpha value is -0.640. The minimum Gasteiger partial charge on any atom is -0.368 e. The van der Waals surface area contributed by atoms with Gasteiger partial charge in [-0.15, -0.1) is 0 Å². The molecule has 1 heterocycles. The first-order chi connectivity index (χ1) is 7.70. The molecule has 1 aliphatic rings. The van der Waals surface area contributed by atoms with E-state index in [1.54, 1.807) is 12.1 Å². The average molecular weight is 244 g/mol. The molecule has 2 unspecified atom stereocenters. The molecule has 0 radical (unpaired) electrons. The number of rotatable bonds is 2. The Bertz CT molecular complexity index is 372. The number of hydrogen-bond donors (Lipinski definition) is 1. The minimum atomic E-state index is -0.388. The van der Waals surface area contributed by atoms with Crippen LogP contribution in [-0.2, 0) is 4.74 Å². The van der Waals surface area contributed by atoms with E-state index in [0.717, 1.165) is 25.1 Å². The van der Waals surface area contributed by atoms with Crippen molar-refractivity contribution in [2.24, 2.45) is 0 Å². The minimum absolute atomic E-state index is 0.0307. The third-order valence-electron chi connectivity index (χ3n) is 2.83. The number of ether oxygens (including phenoxy) is 1. The van der Waals surface area contributed by atoms with Gasteiger partial charge in [-0.25, -0.2) is 4.39 Å². The van der Waals surface area contributed by atoms with Crippen LogP contribution in [0.4, 0.5) is 4.39 Å². The predicted octanol–water partition coefficient (Wildman–Crippen LogP) is 2.92. The Balaban J connectivity index is 2.13. The van der Waals surface area contributed by atoms with E-state index in [9.17, 15) is 4.39 Å². The predicted molar refractivity (Wildman–Crippen MR) is 62.2 cm³/mol. The van der Waals surface area contributed by atoms with Crippen LogP contribution in [0.25, 0.3) is 0 Å². The molecule has 16 heavy (non-hydrogen) atoms. The van der Waals surface area contributed by atoms with Gasteiger partial charge in [-0.2, -0.15) is 0 Å². The zero-order valence-corrected chi connectivity index (χ0v) is 9.93. The largest absolute Gasteiger partial charge is 0.368 e. The van der Waals surface area contributed by atoms with Gasteiger partial charge < -0.3 is 10.1 Å². The summed E-state index contributed by atoms with van der Waals surface area (Å²) in [6.07, 6.45) is 1.16. The molecule has 1 saturated heterocycles. The Labute approximate surface area is 99.7 Å². The zero-order chi connectivity index (χ0) is 11.5. The van der Waals surface area contributed by atoms with E-state index in [2.05, 4.69) is 12.2 Å². The van der Waals surface area contributed by atoms with Crippen LogP contribution in [0.15, 0.2) is 18.2 Å². The summed E-state index contributed by atoms with van der Waals surface area (Å²) in [6.45, 7) is 3.72. The van der Waals surface area contributed by atoms with E-state index < -0.39 is 0 Å². The molecule has 1 fully saturated rings. The van der Waals surface area contributed by atoms with Gasteiger partial charge in [-0.05, 0) is 24.1 Å². The van der Waals surface area contributed by atoms with Crippen LogP contribution in [0.3, 0.4) is 0 Å². The van der Waals surface area contributed by atoms with Crippen molar-refractivity contribution in [2.45, 2.75) is 25.6 Å². The van der Waals surface area contributed by atoms with Crippen molar-refractivity contribution in [2.75, 3.05) is 13.1 Å². The monoisotopic (exact) mass is 243 g/mol. The molecule has 2 atom stereocenters. The van der Waals surface area contributed by atoms with E-state index >= 15 is 0 Å². The number of hydrogen-bond acceptors (Lipinski definition) is 2. The van der Waals surface area contributed by atoms with Crippen LogP contribution in [0.5, 0.6) is 0 Å². The first-order valence-corrected chi connectivity index (χ1v) is 5.89. The summed E-state index contributed by atoms with van der Waals surface area (Å²) in [5.74, 6) is -0.388. The van der Waals surface area contributed by atoms with Crippen LogP contribution in [0.2, 0.25) is 5.02 Å². The Morgan fingerprint density at radius 1 is 1.50 bits per heavy atom. The van der Waals surface area contributed by atoms with Crippen molar-refractivity contribution in [1.29, 1.82) is 0 Å². The van der Waals surface area contributed by atoms with E-state index in [-0.39, 0.29) is 23.0 Å². The number of halogens is 2. The second-order valence-electron chi connectivity index (χ2n) is 3.99. The van der Waals surface area contributed by atoms with E-state index in [0.29, 0.717) is 0 Å². The van der Waals surface area contributed by atoms with Gasteiger partial charge in [-0.1, -0.05) is 24.6 Å². The molecule has 0 amide bonds. The zero-order valence-electron chi connectivity index (χ0n) is 9.17. The maximum atomic E-state index is 13.0. The van der Waals surface area contributed by atoms with Crippen molar-refractivity contribution in [3.63, 3.8) is 0 Å². The maximum absolute atomic E-state index is 13.0. The summed E-state index contributed by atoms with van der Waals surface area (Å²) >= 11 is 5.75. The first kappa shape index (κ1) is 11.8. The topological polar surface area (TPSA) is 21.3 Å². The highest BCUT2D eigenvalue weighted by atomic mass is 35.5. The van der Waals surface area contributed by atoms with Crippen LogP contribution >= 0.6 is 11.6 Å². The molecule has 1 N–H and O–H groups in total. The van der Waals surface area contributed by atoms with Crippen LogP contribution < -0.4 is 5.32 Å². The molecule has 1 aromatic carbocycles. The smallest absolute Gasteiger partial charge is 0.141 e. The van der Waals surface area contributed by atoms with Crippen molar-refractivity contribution in [3.05, 3.63) is 34.6 Å². The fourth-order valence-corrected chi connectivity index (χ4v) is 2.04. The highest BCUT2D eigenvalue weighted by Gasteiger charge is 2.22. The SMILES string of the molecule is CCC1CNCC(c2ccc(F)c(Cl)c2)O1. The van der Waals surface area contributed by atoms with Gasteiger partial charge in [0.2, 0.25) is 0 Å². The van der Waals surface area contributed by atoms with Gasteiger partial charge in [0.1, 0.15) is 5.82 Å². The van der Waals surface area contributed by atoms with E-state index in [1.807, 2.05) is 0 Å². The van der Waals surface area contributed by atoms with Gasteiger partial charge in [0.25, 0.3) is 0 Å². The van der Waals surface area contributed by atoms with Gasteiger partial charge in [-0.3, -0.25) is 0 Å². The Morgan fingerprint density at radius 3 is 3.00 bits per heavy atom. The van der Waals surface area contributed by atoms with Crippen LogP contribution in [0.1, 0.15) is 25.0 Å². The standard InChI is InChI=1S/C12H15ClFNO/c1-2-9-6-15-7-12(16-9)8-3-4-11(14)10(13)5-8/h3-5,9,12,15H,2,6-7H2,1H3. The third kappa shape index (κ3) is 2.54. The lowest BCUT2D eigenvalue weighted by molar-refractivity contribution is -0.0400. The molecule has 0 bridgehead atoms. The molecule has 0 spiro atoms. The summed E-state index contributed by atoms with van der Waals surface area (Å²) in [4.78, 5) is 0. The van der Waals surface area contributed by atoms with Gasteiger partial charge in [0.15, 0.2) is 0 Å². The maximum Gasteiger partial charge on any atom is 0.141 e. The quantitative estimate of drug-likeness (QED) is 0.863. The number of nitrogens with one attached hydrogen (secondary N) is 1. The lowest BCUT2D eigenvalue weighted by Gasteiger charge is -2.30. The van der Waals surface area contributed by atoms with Crippen molar-refractivity contribution >= 4 is 11.6 Å². The lowest BCUT2D eigenvalue weighted by atomic mass is 10.1. The second kappa shape index (κ2) is 5.13. The second-order valence-corrected chi connectivity index (χ2v) is 4.39. The summed E-state index contributed by atoms with van der Waals surface area (Å²) in [7, 11) is 0. The van der Waals surface area contributed by atoms with E-state index in [1.165, 1.54) is 6.07 Å². The molecule has 0 aromatic heterocycles. The van der Waals surface area contributed by atoms with Gasteiger partial charge in [0.05, 0.1) is 17.2 Å². The molecule has 2 rings (SSSR count). The molecular formula is C12H15ClFNO. The molecule has 4 heteroatoms. The van der Waals surface area contributed by atoms with Crippen LogP contribution in [0, 0.1) is 5.82 Å². The molecule has 1 aliphatic heterocycles. The number of benzene rings is 1. The Kier molecular flexibility index (Phi) is 3.79. The summed E-state index contributed by atoms with van der Waals surface area (Å²) in [6, 6.07) is 4.75. The highest BCUT2D eigenvalue weighted by molar-refractivity contribution is 6.30. The van der Waals surface area contributed by atoms with Crippen molar-refractivity contribution in [1.82, 2.24) is 5.32 Å². The first-order valence-electron chi connectivity index (χ1n) is 5.52. The third-order valence-corrected chi connectivity index (χ3v) is 3.12. The summed E-state index contributed by atoms with van der Waals surface area (Å²) < 4.78 is 18.9. The fraction of sp³-hybridized carbons (Fsp3) is 0.500. The summed E-state index contributed by atoms with van der Waals surface area (Å²) in [5.41, 5.74) is 0.928. The molecule has 2 nitrogen and oxygen atoms in total. The van der Waals surface area contributed by atoms with E-state index in [4.69, 9.17) is 16.3 Å². The van der Waals surface area contributed by atoms with Crippen LogP contribution in [-0.4, -0.2) is 19.2 Å². The van der Waals surface area contributed by atoms with Gasteiger partial charge in [0, 0.05) is 13.1 Å². The molecule has 88 valence electrons. The molecular weight excluding hydrogens is 229 g/mol. The fourth-order valence-electron chi connectivity index (χ4n) is 1.85. The number of morpholine rings is 1. The highest BCUT2D eigenvalue weighted by Crippen LogP contribution is 2.26. The molecule has 0 aliphatic carbocycles. The molecule has 0 saturated carbocycles. The Morgan fingerprint density at radius 2 is 2.31 bits per heavy atom. The normalized spacial score (nSPS) is 25.7. The summed E-state index contributed by atoms with van der Waals surface area (Å²) in [5, 5.41) is 3.46. The molecule has 1 aromatic rings. The van der Waals surface area contributed by atoms with Crippen molar-refractivity contribution in [3.8, 4) is 0 Å². The lowest BCUT2D eigenvalue weighted by Crippen LogP contribution is -2.40. The van der Waals surface area contributed by atoms with Gasteiger partial charge >= 0.3 is 0 Å².